The minimum absolute atomic E-state index is 0.0196. The quantitative estimate of drug-likeness (QED) is 0.0229. The number of aliphatic carboxylic acids is 1. The number of aliphatic hydroxyl groups excluding tert-OH is 2. The smallest absolute Gasteiger partial charge is 0.335 e. The van der Waals surface area contributed by atoms with Gasteiger partial charge in [-0.05, 0) is 77.0 Å². The number of aliphatic hydroxyl groups is 2. The van der Waals surface area contributed by atoms with Crippen molar-refractivity contribution in [3.63, 3.8) is 0 Å². The van der Waals surface area contributed by atoms with Crippen molar-refractivity contribution in [3.8, 4) is 0 Å². The first-order chi connectivity index (χ1) is 32.6. The number of carboxylic acid groups (broad SMARTS) is 1. The van der Waals surface area contributed by atoms with Gasteiger partial charge < -0.3 is 39.0 Å². The second kappa shape index (κ2) is 43.4. The molecule has 1 fully saturated rings. The van der Waals surface area contributed by atoms with E-state index in [1.807, 2.05) is 12.2 Å². The highest BCUT2D eigenvalue weighted by Crippen LogP contribution is 2.26. The standard InChI is InChI=1S/C55H90O12/c1-4-7-10-13-16-19-21-22-23-24-25-26-28-31-34-37-40-43-49(58)66-53-51(60)50(59)52(54(61)62)67-55(53)64-45-46(65-48(57)42-39-36-33-29-18-15-12-9-6-3)44-63-47(56)41-38-35-32-30-27-20-17-14-11-8-5-2/h7,10,14,16-17,19,22-23,25-26,31,34,46,50-53,55,59-60H,4-6,8-9,11-13,15,18,20-21,24,27-30,32-33,35-45H2,1-3H3,(H,61,62)/b10-7-,17-14-,19-16-,23-22-,26-25-,34-31-. The van der Waals surface area contributed by atoms with E-state index in [1.165, 1.54) is 44.9 Å². The lowest BCUT2D eigenvalue weighted by Gasteiger charge is -2.40. The van der Waals surface area contributed by atoms with Crippen molar-refractivity contribution in [2.75, 3.05) is 13.2 Å². The summed E-state index contributed by atoms with van der Waals surface area (Å²) in [5.74, 6) is -3.22. The number of carbonyl (C=O) groups is 4. The van der Waals surface area contributed by atoms with Crippen molar-refractivity contribution in [2.24, 2.45) is 0 Å². The van der Waals surface area contributed by atoms with Crippen LogP contribution in [-0.4, -0.2) is 89.2 Å². The number of carbonyl (C=O) groups excluding carboxylic acids is 3. The highest BCUT2D eigenvalue weighted by atomic mass is 16.7. The molecule has 67 heavy (non-hydrogen) atoms. The molecular formula is C55H90O12. The number of unbranched alkanes of at least 4 members (excludes halogenated alkanes) is 16. The van der Waals surface area contributed by atoms with Crippen LogP contribution in [0.5, 0.6) is 0 Å². The monoisotopic (exact) mass is 943 g/mol. The molecule has 382 valence electrons. The molecule has 0 amide bonds. The molecule has 1 rings (SSSR count). The Hall–Kier alpha value is -3.84. The lowest BCUT2D eigenvalue weighted by atomic mass is 9.98. The van der Waals surface area contributed by atoms with Crippen LogP contribution in [0.25, 0.3) is 0 Å². The van der Waals surface area contributed by atoms with Crippen LogP contribution in [0, 0.1) is 0 Å². The van der Waals surface area contributed by atoms with E-state index in [0.717, 1.165) is 89.9 Å². The Morgan fingerprint density at radius 2 is 0.970 bits per heavy atom. The van der Waals surface area contributed by atoms with Gasteiger partial charge in [-0.3, -0.25) is 14.4 Å². The molecule has 0 spiro atoms. The van der Waals surface area contributed by atoms with Crippen LogP contribution in [0.1, 0.15) is 201 Å². The van der Waals surface area contributed by atoms with E-state index in [2.05, 4.69) is 81.5 Å². The third kappa shape index (κ3) is 34.2. The molecule has 12 nitrogen and oxygen atoms in total. The van der Waals surface area contributed by atoms with E-state index < -0.39 is 67.3 Å². The van der Waals surface area contributed by atoms with Crippen LogP contribution in [-0.2, 0) is 42.9 Å². The zero-order valence-electron chi connectivity index (χ0n) is 41.6. The summed E-state index contributed by atoms with van der Waals surface area (Å²) in [4.78, 5) is 50.7. The molecule has 0 radical (unpaired) electrons. The van der Waals surface area contributed by atoms with Crippen LogP contribution in [0.3, 0.4) is 0 Å². The Morgan fingerprint density at radius 1 is 0.507 bits per heavy atom. The predicted octanol–water partition coefficient (Wildman–Crippen LogP) is 12.2. The summed E-state index contributed by atoms with van der Waals surface area (Å²) in [7, 11) is 0. The topological polar surface area (TPSA) is 175 Å². The fraction of sp³-hybridized carbons (Fsp3) is 0.709. The van der Waals surface area contributed by atoms with Crippen LogP contribution >= 0.6 is 0 Å². The van der Waals surface area contributed by atoms with Gasteiger partial charge >= 0.3 is 23.9 Å². The van der Waals surface area contributed by atoms with Crippen molar-refractivity contribution in [2.45, 2.75) is 237 Å². The maximum atomic E-state index is 13.0. The zero-order valence-corrected chi connectivity index (χ0v) is 41.6. The van der Waals surface area contributed by atoms with Crippen molar-refractivity contribution in [1.29, 1.82) is 0 Å². The molecule has 0 aromatic rings. The number of allylic oxidation sites excluding steroid dienone is 12. The van der Waals surface area contributed by atoms with Crippen LogP contribution < -0.4 is 0 Å². The van der Waals surface area contributed by atoms with Gasteiger partial charge in [0.05, 0.1) is 6.61 Å². The van der Waals surface area contributed by atoms with E-state index in [9.17, 15) is 34.5 Å². The summed E-state index contributed by atoms with van der Waals surface area (Å²) >= 11 is 0. The fourth-order valence-corrected chi connectivity index (χ4v) is 7.26. The second-order valence-electron chi connectivity index (χ2n) is 17.4. The lowest BCUT2D eigenvalue weighted by Crippen LogP contribution is -2.61. The minimum Gasteiger partial charge on any atom is -0.479 e. The molecule has 1 heterocycles. The average Bonchev–Trinajstić information content (AvgIpc) is 3.31. The number of hydrogen-bond donors (Lipinski definition) is 3. The number of hydrogen-bond acceptors (Lipinski definition) is 11. The molecule has 6 unspecified atom stereocenters. The Labute approximate surface area is 404 Å². The first-order valence-electron chi connectivity index (χ1n) is 25.9. The fourth-order valence-electron chi connectivity index (χ4n) is 7.26. The van der Waals surface area contributed by atoms with Gasteiger partial charge in [-0.25, -0.2) is 4.79 Å². The number of ether oxygens (including phenoxy) is 5. The van der Waals surface area contributed by atoms with E-state index in [1.54, 1.807) is 0 Å². The molecule has 12 heteroatoms. The summed E-state index contributed by atoms with van der Waals surface area (Å²) in [6.07, 6.45) is 40.5. The SMILES string of the molecule is CC/C=C\C/C=C\C/C=C\C/C=C\C/C=C\CCCC(=O)OC1C(OCC(COC(=O)CCCCCCC/C=C\CCCC)OC(=O)CCCCCCCCCCC)OC(C(=O)O)C(O)C1O. The number of rotatable bonds is 42. The van der Waals surface area contributed by atoms with Gasteiger partial charge in [0.25, 0.3) is 0 Å². The first-order valence-corrected chi connectivity index (χ1v) is 25.9. The average molecular weight is 943 g/mol. The molecule has 1 saturated heterocycles. The van der Waals surface area contributed by atoms with Crippen LogP contribution in [0.15, 0.2) is 72.9 Å². The lowest BCUT2D eigenvalue weighted by molar-refractivity contribution is -0.301. The highest BCUT2D eigenvalue weighted by Gasteiger charge is 2.50. The van der Waals surface area contributed by atoms with Gasteiger partial charge in [0.15, 0.2) is 24.6 Å². The minimum atomic E-state index is -1.92. The molecule has 0 aromatic heterocycles. The third-order valence-electron chi connectivity index (χ3n) is 11.3. The van der Waals surface area contributed by atoms with Gasteiger partial charge in [0, 0.05) is 19.3 Å². The molecule has 6 atom stereocenters. The van der Waals surface area contributed by atoms with Crippen molar-refractivity contribution < 1.29 is 58.2 Å². The van der Waals surface area contributed by atoms with E-state index in [4.69, 9.17) is 23.7 Å². The molecular weight excluding hydrogens is 853 g/mol. The maximum absolute atomic E-state index is 13.0. The Bertz CT molecular complexity index is 1450. The summed E-state index contributed by atoms with van der Waals surface area (Å²) in [5, 5.41) is 31.3. The normalized spacial score (nSPS) is 19.4. The van der Waals surface area contributed by atoms with Gasteiger partial charge in [-0.1, -0.05) is 177 Å². The van der Waals surface area contributed by atoms with Gasteiger partial charge in [-0.2, -0.15) is 0 Å². The zero-order chi connectivity index (χ0) is 49.0. The molecule has 1 aliphatic rings. The second-order valence-corrected chi connectivity index (χ2v) is 17.4. The van der Waals surface area contributed by atoms with Gasteiger partial charge in [-0.15, -0.1) is 0 Å². The van der Waals surface area contributed by atoms with Crippen molar-refractivity contribution >= 4 is 23.9 Å². The first kappa shape index (κ1) is 61.2. The summed E-state index contributed by atoms with van der Waals surface area (Å²) in [6, 6.07) is 0. The molecule has 3 N–H and O–H groups in total. The van der Waals surface area contributed by atoms with Gasteiger partial charge in [0.1, 0.15) is 18.8 Å². The van der Waals surface area contributed by atoms with Crippen LogP contribution in [0.2, 0.25) is 0 Å². The van der Waals surface area contributed by atoms with Gasteiger partial charge in [0.2, 0.25) is 0 Å². The number of esters is 3. The van der Waals surface area contributed by atoms with E-state index in [0.29, 0.717) is 25.7 Å². The summed E-state index contributed by atoms with van der Waals surface area (Å²) in [6.45, 7) is 5.75. The number of carboxylic acids is 1. The van der Waals surface area contributed by atoms with E-state index >= 15 is 0 Å². The Balaban J connectivity index is 2.75. The Kier molecular flexibility index (Phi) is 39.7. The largest absolute Gasteiger partial charge is 0.479 e. The molecule has 0 bridgehead atoms. The summed E-state index contributed by atoms with van der Waals surface area (Å²) < 4.78 is 28.2. The maximum Gasteiger partial charge on any atom is 0.335 e. The van der Waals surface area contributed by atoms with Crippen LogP contribution in [0.4, 0.5) is 0 Å². The molecule has 0 aromatic carbocycles. The van der Waals surface area contributed by atoms with Crippen molar-refractivity contribution in [1.82, 2.24) is 0 Å². The summed E-state index contributed by atoms with van der Waals surface area (Å²) in [5.41, 5.74) is 0. The molecule has 0 saturated carbocycles. The predicted molar refractivity (Wildman–Crippen MR) is 266 cm³/mol. The molecule has 1 aliphatic heterocycles. The highest BCUT2D eigenvalue weighted by molar-refractivity contribution is 5.74. The third-order valence-corrected chi connectivity index (χ3v) is 11.3. The van der Waals surface area contributed by atoms with Crippen molar-refractivity contribution in [3.05, 3.63) is 72.9 Å². The van der Waals surface area contributed by atoms with E-state index in [-0.39, 0.29) is 25.9 Å². The Morgan fingerprint density at radius 3 is 1.54 bits per heavy atom. The molecule has 0 aliphatic carbocycles.